The number of ether oxygens (including phenoxy) is 2. The Morgan fingerprint density at radius 1 is 1.06 bits per heavy atom. The number of halogens is 2. The number of fused-ring (bicyclic) bond motifs is 2. The molecular weight excluding hydrogens is 449 g/mol. The summed E-state index contributed by atoms with van der Waals surface area (Å²) in [5.74, 6) is -2.34. The largest absolute Gasteiger partial charge is 0.479 e. The number of esters is 1. The van der Waals surface area contributed by atoms with E-state index < -0.39 is 18.0 Å². The van der Waals surface area contributed by atoms with Crippen LogP contribution in [0.4, 0.5) is 0 Å². The van der Waals surface area contributed by atoms with Crippen molar-refractivity contribution in [3.8, 4) is 5.75 Å². The minimum absolute atomic E-state index is 0.00365. The number of carboxylic acid groups (broad SMARTS) is 2. The minimum atomic E-state index is -1.26. The highest BCUT2D eigenvalue weighted by Gasteiger charge is 2.40. The summed E-state index contributed by atoms with van der Waals surface area (Å²) in [6, 6.07) is 6.01. The lowest BCUT2D eigenvalue weighted by molar-refractivity contribution is -0.160. The van der Waals surface area contributed by atoms with E-state index >= 15 is 0 Å². The maximum absolute atomic E-state index is 12.3. The SMILES string of the molecule is CC(Oc1ccc(Cl)c(Cl)c1)C(=O)OC1CC2CCC(C1)N2C.O=C(O)/C=C\C(=O)O. The van der Waals surface area contributed by atoms with Crippen LogP contribution < -0.4 is 4.74 Å². The third-order valence-electron chi connectivity index (χ3n) is 5.24. The van der Waals surface area contributed by atoms with Crippen molar-refractivity contribution in [1.29, 1.82) is 0 Å². The molecule has 0 saturated carbocycles. The van der Waals surface area contributed by atoms with Gasteiger partial charge in [-0.3, -0.25) is 0 Å². The Bertz CT molecular complexity index is 815. The normalized spacial score (nSPS) is 23.5. The smallest absolute Gasteiger partial charge is 0.347 e. The molecule has 3 unspecified atom stereocenters. The first kappa shape index (κ1) is 25.0. The maximum Gasteiger partial charge on any atom is 0.347 e. The summed E-state index contributed by atoms with van der Waals surface area (Å²) in [6.45, 7) is 1.69. The van der Waals surface area contributed by atoms with Crippen molar-refractivity contribution in [3.63, 3.8) is 0 Å². The summed E-state index contributed by atoms with van der Waals surface area (Å²) >= 11 is 11.8. The van der Waals surface area contributed by atoms with Crippen LogP contribution in [0.1, 0.15) is 32.6 Å². The highest BCUT2D eigenvalue weighted by atomic mass is 35.5. The molecule has 3 atom stereocenters. The number of aliphatic carboxylic acids is 2. The van der Waals surface area contributed by atoms with Gasteiger partial charge in [-0.2, -0.15) is 0 Å². The van der Waals surface area contributed by atoms with Crippen molar-refractivity contribution < 1.29 is 34.1 Å². The summed E-state index contributed by atoms with van der Waals surface area (Å²) in [5, 5.41) is 16.5. The third kappa shape index (κ3) is 7.72. The lowest BCUT2D eigenvalue weighted by atomic mass is 10.0. The molecule has 1 aromatic rings. The van der Waals surface area contributed by atoms with Gasteiger partial charge in [-0.1, -0.05) is 23.2 Å². The first-order valence-electron chi connectivity index (χ1n) is 9.75. The number of nitrogens with zero attached hydrogens (tertiary/aromatic N) is 1. The van der Waals surface area contributed by atoms with E-state index in [1.165, 1.54) is 12.8 Å². The molecule has 2 aliphatic heterocycles. The van der Waals surface area contributed by atoms with E-state index in [1.807, 2.05) is 0 Å². The molecule has 2 bridgehead atoms. The summed E-state index contributed by atoms with van der Waals surface area (Å²) in [6.07, 6.45) is 4.66. The Kier molecular flexibility index (Phi) is 9.15. The zero-order valence-corrected chi connectivity index (χ0v) is 18.7. The predicted octanol–water partition coefficient (Wildman–Crippen LogP) is 3.64. The van der Waals surface area contributed by atoms with Crippen LogP contribution in [0.3, 0.4) is 0 Å². The first-order valence-corrected chi connectivity index (χ1v) is 10.5. The standard InChI is InChI=1S/C17H21Cl2NO3.C4H4O4/c1-10(22-13-5-6-15(18)16(19)9-13)17(21)23-14-7-11-3-4-12(8-14)20(11)2;5-3(6)1-2-4(7)8/h5-6,9-12,14H,3-4,7-8H2,1-2H3;1-2H,(H,5,6)(H,7,8)/b;2-1-. The number of rotatable bonds is 6. The monoisotopic (exact) mass is 473 g/mol. The van der Waals surface area contributed by atoms with Crippen LogP contribution in [-0.4, -0.2) is 64.4 Å². The summed E-state index contributed by atoms with van der Waals surface area (Å²) < 4.78 is 11.3. The predicted molar refractivity (Wildman–Crippen MR) is 115 cm³/mol. The van der Waals surface area contributed by atoms with Crippen molar-refractivity contribution in [1.82, 2.24) is 4.90 Å². The van der Waals surface area contributed by atoms with Crippen molar-refractivity contribution in [2.24, 2.45) is 0 Å². The average Bonchev–Trinajstić information content (AvgIpc) is 2.90. The van der Waals surface area contributed by atoms with Crippen molar-refractivity contribution >= 4 is 41.1 Å². The molecule has 0 aliphatic carbocycles. The van der Waals surface area contributed by atoms with Gasteiger partial charge in [0.25, 0.3) is 0 Å². The van der Waals surface area contributed by atoms with E-state index in [1.54, 1.807) is 25.1 Å². The van der Waals surface area contributed by atoms with Gasteiger partial charge in [0.1, 0.15) is 11.9 Å². The molecule has 2 fully saturated rings. The molecule has 2 N–H and O–H groups in total. The Morgan fingerprint density at radius 3 is 2.10 bits per heavy atom. The second-order valence-corrected chi connectivity index (χ2v) is 8.24. The van der Waals surface area contributed by atoms with Crippen molar-refractivity contribution in [2.45, 2.75) is 56.9 Å². The van der Waals surface area contributed by atoms with Crippen LogP contribution in [-0.2, 0) is 19.1 Å². The Morgan fingerprint density at radius 2 is 1.61 bits per heavy atom. The number of hydrogen-bond acceptors (Lipinski definition) is 6. The van der Waals surface area contributed by atoms with Gasteiger partial charge in [-0.25, -0.2) is 14.4 Å². The van der Waals surface area contributed by atoms with E-state index in [2.05, 4.69) is 11.9 Å². The second-order valence-electron chi connectivity index (χ2n) is 7.43. The second kappa shape index (κ2) is 11.4. The van der Waals surface area contributed by atoms with Crippen LogP contribution in [0.25, 0.3) is 0 Å². The highest BCUT2D eigenvalue weighted by Crippen LogP contribution is 2.35. The highest BCUT2D eigenvalue weighted by molar-refractivity contribution is 6.42. The topological polar surface area (TPSA) is 113 Å². The average molecular weight is 474 g/mol. The first-order chi connectivity index (χ1) is 14.6. The molecular formula is C21H25Cl2NO7. The zero-order chi connectivity index (χ0) is 23.1. The number of carbonyl (C=O) groups is 3. The van der Waals surface area contributed by atoms with Crippen LogP contribution in [0, 0.1) is 0 Å². The quantitative estimate of drug-likeness (QED) is 0.475. The summed E-state index contributed by atoms with van der Waals surface area (Å²) in [5.41, 5.74) is 0. The summed E-state index contributed by atoms with van der Waals surface area (Å²) in [4.78, 5) is 33.8. The summed E-state index contributed by atoms with van der Waals surface area (Å²) in [7, 11) is 2.16. The van der Waals surface area contributed by atoms with E-state index in [0.717, 1.165) is 12.8 Å². The molecule has 170 valence electrons. The van der Waals surface area contributed by atoms with Crippen LogP contribution >= 0.6 is 23.2 Å². The molecule has 0 spiro atoms. The fourth-order valence-corrected chi connectivity index (χ4v) is 3.95. The minimum Gasteiger partial charge on any atom is -0.479 e. The van der Waals surface area contributed by atoms with E-state index in [4.69, 9.17) is 42.9 Å². The number of carbonyl (C=O) groups excluding carboxylic acids is 1. The molecule has 2 heterocycles. The molecule has 31 heavy (non-hydrogen) atoms. The number of benzene rings is 1. The Hall–Kier alpha value is -2.29. The molecule has 0 aromatic heterocycles. The lowest BCUT2D eigenvalue weighted by Crippen LogP contribution is -2.44. The fourth-order valence-electron chi connectivity index (χ4n) is 3.66. The molecule has 2 aliphatic rings. The van der Waals surface area contributed by atoms with Gasteiger partial charge in [0.2, 0.25) is 0 Å². The van der Waals surface area contributed by atoms with Gasteiger partial charge in [0.15, 0.2) is 6.10 Å². The Balaban J connectivity index is 0.000000366. The van der Waals surface area contributed by atoms with Crippen LogP contribution in [0.2, 0.25) is 10.0 Å². The molecule has 0 radical (unpaired) electrons. The molecule has 3 rings (SSSR count). The van der Waals surface area contributed by atoms with Crippen molar-refractivity contribution in [3.05, 3.63) is 40.4 Å². The van der Waals surface area contributed by atoms with E-state index in [-0.39, 0.29) is 12.1 Å². The Labute approximate surface area is 190 Å². The van der Waals surface area contributed by atoms with Gasteiger partial charge in [0.05, 0.1) is 10.0 Å². The van der Waals surface area contributed by atoms with E-state index in [9.17, 15) is 14.4 Å². The molecule has 0 amide bonds. The zero-order valence-electron chi connectivity index (χ0n) is 17.2. The van der Waals surface area contributed by atoms with Gasteiger partial charge in [-0.15, -0.1) is 0 Å². The van der Waals surface area contributed by atoms with Gasteiger partial charge < -0.3 is 24.6 Å². The molecule has 10 heteroatoms. The van der Waals surface area contributed by atoms with Gasteiger partial charge in [0, 0.05) is 30.3 Å². The fraction of sp³-hybridized carbons (Fsp3) is 0.476. The van der Waals surface area contributed by atoms with Crippen molar-refractivity contribution in [2.75, 3.05) is 7.05 Å². The van der Waals surface area contributed by atoms with Gasteiger partial charge >= 0.3 is 17.9 Å². The van der Waals surface area contributed by atoms with E-state index in [0.29, 0.717) is 40.0 Å². The lowest BCUT2D eigenvalue weighted by Gasteiger charge is -2.36. The van der Waals surface area contributed by atoms with Gasteiger partial charge in [-0.05, 0) is 51.8 Å². The third-order valence-corrected chi connectivity index (χ3v) is 5.98. The number of piperidine rings is 1. The molecule has 1 aromatic carbocycles. The molecule has 8 nitrogen and oxygen atoms in total. The van der Waals surface area contributed by atoms with Crippen LogP contribution in [0.5, 0.6) is 5.75 Å². The maximum atomic E-state index is 12.3. The number of hydrogen-bond donors (Lipinski definition) is 2. The van der Waals surface area contributed by atoms with Crippen LogP contribution in [0.15, 0.2) is 30.4 Å². The number of carboxylic acids is 2. The molecule has 2 saturated heterocycles.